The maximum Gasteiger partial charge on any atom is 0.303 e. The fraction of sp³-hybridized carbons (Fsp3) is 0.818. The van der Waals surface area contributed by atoms with E-state index in [0.29, 0.717) is 13.0 Å². The average molecular weight is 228 g/mol. The van der Waals surface area contributed by atoms with Gasteiger partial charge in [0, 0.05) is 19.5 Å². The Morgan fingerprint density at radius 1 is 1.44 bits per heavy atom. The minimum Gasteiger partial charge on any atom is -0.481 e. The van der Waals surface area contributed by atoms with E-state index in [1.54, 1.807) is 0 Å². The van der Waals surface area contributed by atoms with Crippen molar-refractivity contribution in [2.45, 2.75) is 32.6 Å². The highest BCUT2D eigenvalue weighted by Gasteiger charge is 2.35. The number of carboxylic acids is 1. The van der Waals surface area contributed by atoms with Gasteiger partial charge in [-0.3, -0.25) is 9.59 Å². The van der Waals surface area contributed by atoms with Crippen molar-refractivity contribution in [1.29, 1.82) is 0 Å². The molecule has 0 bridgehead atoms. The number of hydrogen-bond acceptors (Lipinski definition) is 3. The molecule has 92 valence electrons. The third kappa shape index (κ3) is 3.81. The Hall–Kier alpha value is -1.10. The van der Waals surface area contributed by atoms with Gasteiger partial charge in [-0.1, -0.05) is 0 Å². The van der Waals surface area contributed by atoms with Gasteiger partial charge in [-0.15, -0.1) is 0 Å². The second kappa shape index (κ2) is 5.84. The molecule has 5 heteroatoms. The first kappa shape index (κ1) is 13.0. The van der Waals surface area contributed by atoms with Gasteiger partial charge in [0.25, 0.3) is 0 Å². The van der Waals surface area contributed by atoms with E-state index in [1.165, 1.54) is 0 Å². The van der Waals surface area contributed by atoms with Crippen LogP contribution in [0.15, 0.2) is 0 Å². The summed E-state index contributed by atoms with van der Waals surface area (Å²) in [6, 6.07) is 0. The standard InChI is InChI=1S/C11H20N2O3/c1-11(5-7-12-8-11)10(16)13-6-3-2-4-9(14)15/h12H,2-8H2,1H3,(H,13,16)(H,14,15). The molecule has 1 aliphatic rings. The molecule has 0 aromatic heterocycles. The summed E-state index contributed by atoms with van der Waals surface area (Å²) in [6.07, 6.45) is 2.38. The molecule has 1 heterocycles. The number of aliphatic carboxylic acids is 1. The monoisotopic (exact) mass is 228 g/mol. The number of carbonyl (C=O) groups is 2. The summed E-state index contributed by atoms with van der Waals surface area (Å²) in [5, 5.41) is 14.5. The van der Waals surface area contributed by atoms with Gasteiger partial charge < -0.3 is 15.7 Å². The molecule has 1 amide bonds. The van der Waals surface area contributed by atoms with Gasteiger partial charge in [-0.2, -0.15) is 0 Å². The van der Waals surface area contributed by atoms with Crippen LogP contribution in [0.2, 0.25) is 0 Å². The highest BCUT2D eigenvalue weighted by atomic mass is 16.4. The summed E-state index contributed by atoms with van der Waals surface area (Å²) in [7, 11) is 0. The van der Waals surface area contributed by atoms with Gasteiger partial charge in [0.1, 0.15) is 0 Å². The van der Waals surface area contributed by atoms with E-state index in [9.17, 15) is 9.59 Å². The molecule has 1 atom stereocenters. The highest BCUT2D eigenvalue weighted by Crippen LogP contribution is 2.24. The maximum absolute atomic E-state index is 11.8. The lowest BCUT2D eigenvalue weighted by Crippen LogP contribution is -2.40. The second-order valence-corrected chi connectivity index (χ2v) is 4.59. The third-order valence-electron chi connectivity index (χ3n) is 3.02. The predicted octanol–water partition coefficient (Wildman–Crippen LogP) is 0.357. The van der Waals surface area contributed by atoms with E-state index in [2.05, 4.69) is 10.6 Å². The number of carboxylic acid groups (broad SMARTS) is 1. The molecule has 0 spiro atoms. The predicted molar refractivity (Wildman–Crippen MR) is 60.1 cm³/mol. The highest BCUT2D eigenvalue weighted by molar-refractivity contribution is 5.82. The molecule has 1 fully saturated rings. The van der Waals surface area contributed by atoms with Crippen molar-refractivity contribution in [2.24, 2.45) is 5.41 Å². The van der Waals surface area contributed by atoms with E-state index in [-0.39, 0.29) is 17.7 Å². The van der Waals surface area contributed by atoms with Gasteiger partial charge >= 0.3 is 5.97 Å². The lowest BCUT2D eigenvalue weighted by molar-refractivity contribution is -0.137. The van der Waals surface area contributed by atoms with E-state index in [0.717, 1.165) is 25.9 Å². The van der Waals surface area contributed by atoms with Crippen LogP contribution in [0.25, 0.3) is 0 Å². The van der Waals surface area contributed by atoms with Crippen molar-refractivity contribution < 1.29 is 14.7 Å². The van der Waals surface area contributed by atoms with Gasteiger partial charge in [-0.05, 0) is 32.7 Å². The minimum absolute atomic E-state index is 0.0767. The average Bonchev–Trinajstić information content (AvgIpc) is 2.65. The van der Waals surface area contributed by atoms with Gasteiger partial charge in [0.15, 0.2) is 0 Å². The number of amides is 1. The molecule has 16 heavy (non-hydrogen) atoms. The lowest BCUT2D eigenvalue weighted by Gasteiger charge is -2.21. The molecular weight excluding hydrogens is 208 g/mol. The van der Waals surface area contributed by atoms with E-state index >= 15 is 0 Å². The topological polar surface area (TPSA) is 78.4 Å². The molecule has 0 saturated carbocycles. The van der Waals surface area contributed by atoms with E-state index in [4.69, 9.17) is 5.11 Å². The fourth-order valence-corrected chi connectivity index (χ4v) is 1.83. The maximum atomic E-state index is 11.8. The fourth-order valence-electron chi connectivity index (χ4n) is 1.83. The SMILES string of the molecule is CC1(C(=O)NCCCCC(=O)O)CCNC1. The molecular formula is C11H20N2O3. The van der Waals surface area contributed by atoms with Crippen LogP contribution in [0.3, 0.4) is 0 Å². The molecule has 0 aromatic rings. The normalized spacial score (nSPS) is 24.3. The van der Waals surface area contributed by atoms with Crippen molar-refractivity contribution in [3.63, 3.8) is 0 Å². The molecule has 1 saturated heterocycles. The van der Waals surface area contributed by atoms with Crippen LogP contribution < -0.4 is 10.6 Å². The first-order valence-corrected chi connectivity index (χ1v) is 5.75. The van der Waals surface area contributed by atoms with Gasteiger partial charge in [-0.25, -0.2) is 0 Å². The molecule has 1 aliphatic heterocycles. The Kier molecular flexibility index (Phi) is 4.73. The molecule has 0 aliphatic carbocycles. The second-order valence-electron chi connectivity index (χ2n) is 4.59. The van der Waals surface area contributed by atoms with Crippen LogP contribution in [0, 0.1) is 5.41 Å². The van der Waals surface area contributed by atoms with Gasteiger partial charge in [0.05, 0.1) is 5.41 Å². The van der Waals surface area contributed by atoms with Crippen LogP contribution >= 0.6 is 0 Å². The third-order valence-corrected chi connectivity index (χ3v) is 3.02. The lowest BCUT2D eigenvalue weighted by atomic mass is 9.89. The smallest absolute Gasteiger partial charge is 0.303 e. The van der Waals surface area contributed by atoms with Crippen LogP contribution in [-0.2, 0) is 9.59 Å². The van der Waals surface area contributed by atoms with Gasteiger partial charge in [0.2, 0.25) is 5.91 Å². The number of unbranched alkanes of at least 4 members (excludes halogenated alkanes) is 1. The summed E-state index contributed by atoms with van der Waals surface area (Å²) in [5.41, 5.74) is -0.285. The first-order chi connectivity index (χ1) is 7.54. The Balaban J connectivity index is 2.13. The molecule has 0 aromatic carbocycles. The zero-order valence-electron chi connectivity index (χ0n) is 9.71. The Labute approximate surface area is 95.6 Å². The Morgan fingerprint density at radius 2 is 2.19 bits per heavy atom. The van der Waals surface area contributed by atoms with Crippen molar-refractivity contribution in [2.75, 3.05) is 19.6 Å². The largest absolute Gasteiger partial charge is 0.481 e. The Bertz CT molecular complexity index is 260. The number of carbonyl (C=O) groups excluding carboxylic acids is 1. The molecule has 0 radical (unpaired) electrons. The van der Waals surface area contributed by atoms with Crippen molar-refractivity contribution in [3.05, 3.63) is 0 Å². The van der Waals surface area contributed by atoms with Crippen LogP contribution in [0.4, 0.5) is 0 Å². The summed E-state index contributed by atoms with van der Waals surface area (Å²) in [5.74, 6) is -0.703. The van der Waals surface area contributed by atoms with Crippen molar-refractivity contribution >= 4 is 11.9 Å². The number of nitrogens with one attached hydrogen (secondary N) is 2. The van der Waals surface area contributed by atoms with Crippen LogP contribution in [-0.4, -0.2) is 36.6 Å². The summed E-state index contributed by atoms with van der Waals surface area (Å²) >= 11 is 0. The molecule has 1 unspecified atom stereocenters. The van der Waals surface area contributed by atoms with Crippen LogP contribution in [0.1, 0.15) is 32.6 Å². The minimum atomic E-state index is -0.779. The summed E-state index contributed by atoms with van der Waals surface area (Å²) < 4.78 is 0. The van der Waals surface area contributed by atoms with E-state index in [1.807, 2.05) is 6.92 Å². The van der Waals surface area contributed by atoms with Crippen LogP contribution in [0.5, 0.6) is 0 Å². The quantitative estimate of drug-likeness (QED) is 0.573. The molecule has 1 rings (SSSR count). The zero-order chi connectivity index (χ0) is 12.0. The number of rotatable bonds is 6. The zero-order valence-corrected chi connectivity index (χ0v) is 9.71. The number of hydrogen-bond donors (Lipinski definition) is 3. The summed E-state index contributed by atoms with van der Waals surface area (Å²) in [6.45, 7) is 4.15. The molecule has 3 N–H and O–H groups in total. The van der Waals surface area contributed by atoms with Crippen molar-refractivity contribution in [3.8, 4) is 0 Å². The molecule has 5 nitrogen and oxygen atoms in total. The Morgan fingerprint density at radius 3 is 2.75 bits per heavy atom. The summed E-state index contributed by atoms with van der Waals surface area (Å²) in [4.78, 5) is 22.1. The van der Waals surface area contributed by atoms with Crippen molar-refractivity contribution in [1.82, 2.24) is 10.6 Å². The van der Waals surface area contributed by atoms with E-state index < -0.39 is 5.97 Å². The first-order valence-electron chi connectivity index (χ1n) is 5.75.